The van der Waals surface area contributed by atoms with Crippen LogP contribution in [0, 0.1) is 0 Å². The van der Waals surface area contributed by atoms with E-state index in [0.29, 0.717) is 0 Å². The van der Waals surface area contributed by atoms with Gasteiger partial charge in [0.05, 0.1) is 0 Å². The first-order chi connectivity index (χ1) is 4.47. The van der Waals surface area contributed by atoms with E-state index < -0.39 is 0 Å². The first-order valence-corrected chi connectivity index (χ1v) is 3.60. The molecule has 1 heterocycles. The maximum atomic E-state index is 3.35. The van der Waals surface area contributed by atoms with Crippen LogP contribution in [0.1, 0.15) is 19.3 Å². The smallest absolute Gasteiger partial charge is 0.0329 e. The molecule has 0 radical (unpaired) electrons. The van der Waals surface area contributed by atoms with Gasteiger partial charge in [0.15, 0.2) is 0 Å². The normalized spacial score (nSPS) is 24.0. The molecule has 0 atom stereocenters. The molecule has 1 nitrogen and oxygen atoms in total. The van der Waals surface area contributed by atoms with E-state index in [-0.39, 0.29) is 0 Å². The summed E-state index contributed by atoms with van der Waals surface area (Å²) >= 11 is 0. The Bertz CT molecular complexity index is 157. The molecule has 0 bridgehead atoms. The predicted octanol–water partition coefficient (Wildman–Crippen LogP) is 1.58. The lowest BCUT2D eigenvalue weighted by Crippen LogP contribution is -2.04. The van der Waals surface area contributed by atoms with Crippen molar-refractivity contribution in [1.82, 2.24) is 5.32 Å². The van der Waals surface area contributed by atoms with E-state index in [9.17, 15) is 0 Å². The lowest BCUT2D eigenvalue weighted by atomic mass is 10.0. The van der Waals surface area contributed by atoms with E-state index in [1.807, 2.05) is 0 Å². The van der Waals surface area contributed by atoms with Crippen molar-refractivity contribution in [1.29, 1.82) is 0 Å². The van der Waals surface area contributed by atoms with E-state index >= 15 is 0 Å². The average molecular weight is 121 g/mol. The second-order valence-electron chi connectivity index (χ2n) is 2.60. The van der Waals surface area contributed by atoms with Crippen LogP contribution in [-0.2, 0) is 0 Å². The van der Waals surface area contributed by atoms with Crippen molar-refractivity contribution < 1.29 is 0 Å². The van der Waals surface area contributed by atoms with Crippen molar-refractivity contribution in [3.63, 3.8) is 0 Å². The van der Waals surface area contributed by atoms with E-state index in [1.165, 1.54) is 25.0 Å². The molecule has 48 valence electrons. The highest BCUT2D eigenvalue weighted by atomic mass is 14.9. The fourth-order valence-electron chi connectivity index (χ4n) is 1.48. The first kappa shape index (κ1) is 5.10. The highest BCUT2D eigenvalue weighted by Gasteiger charge is 2.13. The largest absolute Gasteiger partial charge is 0.385 e. The molecule has 0 spiro atoms. The van der Waals surface area contributed by atoms with Crippen LogP contribution in [0.4, 0.5) is 0 Å². The van der Waals surface area contributed by atoms with Crippen molar-refractivity contribution in [2.45, 2.75) is 19.3 Å². The van der Waals surface area contributed by atoms with Crippen molar-refractivity contribution in [3.05, 3.63) is 23.4 Å². The van der Waals surface area contributed by atoms with Crippen molar-refractivity contribution in [3.8, 4) is 0 Å². The fourth-order valence-corrected chi connectivity index (χ4v) is 1.48. The van der Waals surface area contributed by atoms with Gasteiger partial charge in [0.1, 0.15) is 0 Å². The Balaban J connectivity index is 2.30. The average Bonchev–Trinajstić information content (AvgIpc) is 2.33. The molecule has 2 aliphatic rings. The molecule has 0 amide bonds. The summed E-state index contributed by atoms with van der Waals surface area (Å²) in [6.45, 7) is 1.15. The van der Waals surface area contributed by atoms with Gasteiger partial charge in [0, 0.05) is 12.2 Å². The Morgan fingerprint density at radius 1 is 1.22 bits per heavy atom. The number of allylic oxidation sites excluding steroid dienone is 3. The molecule has 1 heteroatoms. The van der Waals surface area contributed by atoms with Gasteiger partial charge in [-0.15, -0.1) is 0 Å². The number of hydrogen-bond acceptors (Lipinski definition) is 1. The van der Waals surface area contributed by atoms with Crippen molar-refractivity contribution >= 4 is 0 Å². The second-order valence-corrected chi connectivity index (χ2v) is 2.60. The van der Waals surface area contributed by atoms with Crippen LogP contribution in [0.25, 0.3) is 0 Å². The lowest BCUT2D eigenvalue weighted by Gasteiger charge is -2.05. The molecular weight excluding hydrogens is 110 g/mol. The number of nitrogens with one attached hydrogen (secondary N) is 1. The van der Waals surface area contributed by atoms with Crippen LogP contribution in [0.5, 0.6) is 0 Å². The summed E-state index contributed by atoms with van der Waals surface area (Å²) in [5.74, 6) is 0. The van der Waals surface area contributed by atoms with Gasteiger partial charge >= 0.3 is 0 Å². The maximum absolute atomic E-state index is 3.35. The van der Waals surface area contributed by atoms with Crippen LogP contribution in [0.15, 0.2) is 23.4 Å². The molecule has 1 N–H and O–H groups in total. The van der Waals surface area contributed by atoms with Crippen LogP contribution in [0.3, 0.4) is 0 Å². The van der Waals surface area contributed by atoms with Gasteiger partial charge in [0.2, 0.25) is 0 Å². The molecule has 0 aromatic heterocycles. The highest BCUT2D eigenvalue weighted by molar-refractivity contribution is 5.35. The van der Waals surface area contributed by atoms with E-state index in [2.05, 4.69) is 17.5 Å². The minimum atomic E-state index is 1.15. The van der Waals surface area contributed by atoms with Gasteiger partial charge in [-0.3, -0.25) is 0 Å². The van der Waals surface area contributed by atoms with E-state index in [1.54, 1.807) is 5.57 Å². The molecule has 0 aromatic carbocycles. The molecule has 1 fully saturated rings. The number of hydrogen-bond donors (Lipinski definition) is 1. The molecule has 2 rings (SSSR count). The molecule has 9 heavy (non-hydrogen) atoms. The Kier molecular flexibility index (Phi) is 1.08. The Labute approximate surface area is 55.5 Å². The summed E-state index contributed by atoms with van der Waals surface area (Å²) in [6, 6.07) is 0. The highest BCUT2D eigenvalue weighted by Crippen LogP contribution is 2.23. The zero-order valence-electron chi connectivity index (χ0n) is 5.48. The summed E-state index contributed by atoms with van der Waals surface area (Å²) in [5, 5.41) is 3.35. The van der Waals surface area contributed by atoms with Gasteiger partial charge in [-0.1, -0.05) is 12.2 Å². The number of rotatable bonds is 0. The molecule has 0 saturated carbocycles. The van der Waals surface area contributed by atoms with E-state index in [0.717, 1.165) is 6.54 Å². The third-order valence-corrected chi connectivity index (χ3v) is 1.96. The summed E-state index contributed by atoms with van der Waals surface area (Å²) in [7, 11) is 0. The lowest BCUT2D eigenvalue weighted by molar-refractivity contribution is 0.906. The summed E-state index contributed by atoms with van der Waals surface area (Å²) in [4.78, 5) is 0. The Morgan fingerprint density at radius 3 is 3.00 bits per heavy atom. The summed E-state index contributed by atoms with van der Waals surface area (Å²) < 4.78 is 0. The zero-order valence-corrected chi connectivity index (χ0v) is 5.48. The minimum absolute atomic E-state index is 1.15. The van der Waals surface area contributed by atoms with Crippen LogP contribution in [0.2, 0.25) is 0 Å². The van der Waals surface area contributed by atoms with Crippen LogP contribution in [-0.4, -0.2) is 6.54 Å². The Hall–Kier alpha value is -0.720. The van der Waals surface area contributed by atoms with Crippen LogP contribution < -0.4 is 5.32 Å². The minimum Gasteiger partial charge on any atom is -0.385 e. The van der Waals surface area contributed by atoms with Gasteiger partial charge in [-0.2, -0.15) is 0 Å². The first-order valence-electron chi connectivity index (χ1n) is 3.60. The van der Waals surface area contributed by atoms with Crippen LogP contribution >= 0.6 is 0 Å². The Morgan fingerprint density at radius 2 is 2.11 bits per heavy atom. The predicted molar refractivity (Wildman–Crippen MR) is 38.0 cm³/mol. The quantitative estimate of drug-likeness (QED) is 0.513. The SMILES string of the molecule is C1=C2CCNC2=CCC1. The maximum Gasteiger partial charge on any atom is 0.0329 e. The van der Waals surface area contributed by atoms with Gasteiger partial charge in [-0.05, 0) is 24.8 Å². The fraction of sp³-hybridized carbons (Fsp3) is 0.500. The monoisotopic (exact) mass is 121 g/mol. The molecule has 1 aliphatic carbocycles. The zero-order chi connectivity index (χ0) is 6.10. The number of fused-ring (bicyclic) bond motifs is 1. The topological polar surface area (TPSA) is 12.0 Å². The molecule has 0 unspecified atom stereocenters. The summed E-state index contributed by atoms with van der Waals surface area (Å²) in [6.07, 6.45) is 8.38. The second kappa shape index (κ2) is 1.90. The van der Waals surface area contributed by atoms with Gasteiger partial charge in [0.25, 0.3) is 0 Å². The summed E-state index contributed by atoms with van der Waals surface area (Å²) in [5.41, 5.74) is 2.95. The third-order valence-electron chi connectivity index (χ3n) is 1.96. The van der Waals surface area contributed by atoms with Crippen molar-refractivity contribution in [2.75, 3.05) is 6.54 Å². The molecular formula is C8H11N. The molecule has 1 aliphatic heterocycles. The van der Waals surface area contributed by atoms with Gasteiger partial charge in [-0.25, -0.2) is 0 Å². The van der Waals surface area contributed by atoms with Gasteiger partial charge < -0.3 is 5.32 Å². The standard InChI is InChI=1S/C8H11N/c1-2-4-8-7(3-1)5-6-9-8/h3-4,9H,1-2,5-6H2. The molecule has 1 saturated heterocycles. The van der Waals surface area contributed by atoms with E-state index in [4.69, 9.17) is 0 Å². The third kappa shape index (κ3) is 0.766. The van der Waals surface area contributed by atoms with Crippen molar-refractivity contribution in [2.24, 2.45) is 0 Å². The molecule has 0 aromatic rings.